The standard InChI is InChI=1S/C17H20N2O2.ClH/c1-12(2)21-16-5-4-14(10-13(16)3)11-19-17(20)15-6-8-18-9-7-15;/h4-10,12H,11H2,1-3H3,(H,19,20);1H. The van der Waals surface area contributed by atoms with Crippen molar-refractivity contribution in [3.05, 3.63) is 59.4 Å². The summed E-state index contributed by atoms with van der Waals surface area (Å²) >= 11 is 0. The van der Waals surface area contributed by atoms with Crippen LogP contribution in [0.5, 0.6) is 5.75 Å². The summed E-state index contributed by atoms with van der Waals surface area (Å²) in [4.78, 5) is 15.8. The second-order valence-electron chi connectivity index (χ2n) is 5.19. The molecule has 5 heteroatoms. The molecule has 0 aliphatic rings. The van der Waals surface area contributed by atoms with E-state index in [1.54, 1.807) is 24.5 Å². The Bertz CT molecular complexity index is 615. The molecule has 1 aromatic heterocycles. The molecule has 0 saturated heterocycles. The Kier molecular flexibility index (Phi) is 6.86. The summed E-state index contributed by atoms with van der Waals surface area (Å²) in [7, 11) is 0. The molecule has 0 aliphatic carbocycles. The van der Waals surface area contributed by atoms with E-state index in [2.05, 4.69) is 10.3 Å². The fourth-order valence-corrected chi connectivity index (χ4v) is 2.00. The number of halogens is 1. The van der Waals surface area contributed by atoms with E-state index in [0.717, 1.165) is 16.9 Å². The maximum Gasteiger partial charge on any atom is 0.251 e. The Balaban J connectivity index is 0.00000242. The maximum atomic E-state index is 12.0. The van der Waals surface area contributed by atoms with E-state index in [9.17, 15) is 4.79 Å². The summed E-state index contributed by atoms with van der Waals surface area (Å²) in [5, 5.41) is 2.90. The first kappa shape index (κ1) is 18.0. The lowest BCUT2D eigenvalue weighted by Gasteiger charge is -2.13. The van der Waals surface area contributed by atoms with Gasteiger partial charge in [-0.15, -0.1) is 12.4 Å². The Hall–Kier alpha value is -2.07. The first-order valence-corrected chi connectivity index (χ1v) is 7.00. The minimum atomic E-state index is -0.0995. The van der Waals surface area contributed by atoms with Gasteiger partial charge in [0.1, 0.15) is 5.75 Å². The number of rotatable bonds is 5. The van der Waals surface area contributed by atoms with Gasteiger partial charge in [-0.3, -0.25) is 9.78 Å². The monoisotopic (exact) mass is 320 g/mol. The first-order valence-electron chi connectivity index (χ1n) is 7.00. The Labute approximate surface area is 137 Å². The fraction of sp³-hybridized carbons (Fsp3) is 0.294. The van der Waals surface area contributed by atoms with Crippen LogP contribution in [0.25, 0.3) is 0 Å². The van der Waals surface area contributed by atoms with Crippen molar-refractivity contribution >= 4 is 18.3 Å². The third-order valence-electron chi connectivity index (χ3n) is 3.00. The Morgan fingerprint density at radius 2 is 1.91 bits per heavy atom. The van der Waals surface area contributed by atoms with Crippen molar-refractivity contribution in [3.8, 4) is 5.75 Å². The number of aromatic nitrogens is 1. The van der Waals surface area contributed by atoms with Crippen LogP contribution >= 0.6 is 12.4 Å². The third kappa shape index (κ3) is 5.04. The van der Waals surface area contributed by atoms with Crippen LogP contribution in [0, 0.1) is 6.92 Å². The highest BCUT2D eigenvalue weighted by Crippen LogP contribution is 2.20. The summed E-state index contributed by atoms with van der Waals surface area (Å²) in [6.45, 7) is 6.50. The number of nitrogens with zero attached hydrogens (tertiary/aromatic N) is 1. The van der Waals surface area contributed by atoms with E-state index in [1.165, 1.54) is 0 Å². The molecule has 22 heavy (non-hydrogen) atoms. The van der Waals surface area contributed by atoms with Gasteiger partial charge in [-0.1, -0.05) is 12.1 Å². The minimum absolute atomic E-state index is 0. The van der Waals surface area contributed by atoms with Gasteiger partial charge < -0.3 is 10.1 Å². The molecule has 1 aromatic carbocycles. The van der Waals surface area contributed by atoms with E-state index in [4.69, 9.17) is 4.74 Å². The molecule has 0 saturated carbocycles. The Morgan fingerprint density at radius 3 is 2.50 bits per heavy atom. The summed E-state index contributed by atoms with van der Waals surface area (Å²) in [5.41, 5.74) is 2.73. The molecule has 0 fully saturated rings. The molecular formula is C17H21ClN2O2. The molecule has 118 valence electrons. The molecular weight excluding hydrogens is 300 g/mol. The molecule has 1 N–H and O–H groups in total. The maximum absolute atomic E-state index is 12.0. The highest BCUT2D eigenvalue weighted by atomic mass is 35.5. The van der Waals surface area contributed by atoms with Crippen molar-refractivity contribution in [2.75, 3.05) is 0 Å². The van der Waals surface area contributed by atoms with Crippen LogP contribution in [-0.2, 0) is 6.54 Å². The fourth-order valence-electron chi connectivity index (χ4n) is 2.00. The van der Waals surface area contributed by atoms with E-state index in [1.807, 2.05) is 39.0 Å². The highest BCUT2D eigenvalue weighted by Gasteiger charge is 2.06. The molecule has 0 unspecified atom stereocenters. The van der Waals surface area contributed by atoms with Gasteiger partial charge in [0.2, 0.25) is 0 Å². The summed E-state index contributed by atoms with van der Waals surface area (Å²) in [5.74, 6) is 0.784. The van der Waals surface area contributed by atoms with E-state index < -0.39 is 0 Å². The molecule has 0 bridgehead atoms. The number of nitrogens with one attached hydrogen (secondary N) is 1. The molecule has 1 amide bonds. The number of carbonyl (C=O) groups excluding carboxylic acids is 1. The summed E-state index contributed by atoms with van der Waals surface area (Å²) in [6, 6.07) is 9.34. The van der Waals surface area contributed by atoms with Gasteiger partial charge in [0.05, 0.1) is 6.10 Å². The van der Waals surface area contributed by atoms with Crippen LogP contribution in [0.4, 0.5) is 0 Å². The van der Waals surface area contributed by atoms with Crippen LogP contribution in [0.2, 0.25) is 0 Å². The molecule has 0 atom stereocenters. The normalized spacial score (nSPS) is 10.0. The largest absolute Gasteiger partial charge is 0.491 e. The van der Waals surface area contributed by atoms with Gasteiger partial charge >= 0.3 is 0 Å². The third-order valence-corrected chi connectivity index (χ3v) is 3.00. The zero-order chi connectivity index (χ0) is 15.2. The zero-order valence-corrected chi connectivity index (χ0v) is 13.8. The van der Waals surface area contributed by atoms with E-state index in [0.29, 0.717) is 12.1 Å². The molecule has 0 aliphatic heterocycles. The molecule has 0 radical (unpaired) electrons. The van der Waals surface area contributed by atoms with Crippen molar-refractivity contribution in [1.82, 2.24) is 10.3 Å². The van der Waals surface area contributed by atoms with Crippen molar-refractivity contribution in [3.63, 3.8) is 0 Å². The van der Waals surface area contributed by atoms with Crippen molar-refractivity contribution in [2.45, 2.75) is 33.4 Å². The number of carbonyl (C=O) groups is 1. The van der Waals surface area contributed by atoms with Gasteiger partial charge in [0.15, 0.2) is 0 Å². The lowest BCUT2D eigenvalue weighted by Crippen LogP contribution is -2.22. The lowest BCUT2D eigenvalue weighted by atomic mass is 10.1. The summed E-state index contributed by atoms with van der Waals surface area (Å²) < 4.78 is 5.70. The van der Waals surface area contributed by atoms with Gasteiger partial charge in [-0.25, -0.2) is 0 Å². The number of aryl methyl sites for hydroxylation is 1. The second-order valence-corrected chi connectivity index (χ2v) is 5.19. The van der Waals surface area contributed by atoms with Crippen LogP contribution in [-0.4, -0.2) is 17.0 Å². The zero-order valence-electron chi connectivity index (χ0n) is 13.0. The van der Waals surface area contributed by atoms with Crippen LogP contribution in [0.3, 0.4) is 0 Å². The highest BCUT2D eigenvalue weighted by molar-refractivity contribution is 5.93. The quantitative estimate of drug-likeness (QED) is 0.917. The van der Waals surface area contributed by atoms with Gasteiger partial charge in [0.25, 0.3) is 5.91 Å². The molecule has 1 heterocycles. The number of amides is 1. The summed E-state index contributed by atoms with van der Waals surface area (Å²) in [6.07, 6.45) is 3.37. The van der Waals surface area contributed by atoms with Gasteiger partial charge in [-0.05, 0) is 50.1 Å². The molecule has 2 aromatic rings. The Morgan fingerprint density at radius 1 is 1.23 bits per heavy atom. The van der Waals surface area contributed by atoms with Crippen LogP contribution in [0.1, 0.15) is 35.3 Å². The van der Waals surface area contributed by atoms with E-state index >= 15 is 0 Å². The van der Waals surface area contributed by atoms with Crippen LogP contribution in [0.15, 0.2) is 42.7 Å². The predicted molar refractivity (Wildman–Crippen MR) is 89.6 cm³/mol. The number of hydrogen-bond acceptors (Lipinski definition) is 3. The SMILES string of the molecule is Cc1cc(CNC(=O)c2ccncc2)ccc1OC(C)C.Cl. The smallest absolute Gasteiger partial charge is 0.251 e. The number of hydrogen-bond donors (Lipinski definition) is 1. The topological polar surface area (TPSA) is 51.2 Å². The molecule has 0 spiro atoms. The van der Waals surface area contributed by atoms with E-state index in [-0.39, 0.29) is 24.4 Å². The first-order chi connectivity index (χ1) is 10.1. The predicted octanol–water partition coefficient (Wildman–Crippen LogP) is 3.53. The van der Waals surface area contributed by atoms with Gasteiger partial charge in [-0.2, -0.15) is 0 Å². The average molecular weight is 321 g/mol. The lowest BCUT2D eigenvalue weighted by molar-refractivity contribution is 0.0951. The second kappa shape index (κ2) is 8.39. The van der Waals surface area contributed by atoms with Crippen LogP contribution < -0.4 is 10.1 Å². The molecule has 4 nitrogen and oxygen atoms in total. The molecule has 2 rings (SSSR count). The number of ether oxygens (including phenoxy) is 1. The van der Waals surface area contributed by atoms with Crippen molar-refractivity contribution < 1.29 is 9.53 Å². The number of pyridine rings is 1. The number of benzene rings is 1. The van der Waals surface area contributed by atoms with Crippen molar-refractivity contribution in [2.24, 2.45) is 0 Å². The minimum Gasteiger partial charge on any atom is -0.491 e. The van der Waals surface area contributed by atoms with Gasteiger partial charge in [0, 0.05) is 24.5 Å². The average Bonchev–Trinajstić information content (AvgIpc) is 2.48. The van der Waals surface area contributed by atoms with Crippen molar-refractivity contribution in [1.29, 1.82) is 0 Å².